The van der Waals surface area contributed by atoms with Crippen LogP contribution in [0.25, 0.3) is 5.65 Å². The smallest absolute Gasteiger partial charge is 0.371 e. The summed E-state index contributed by atoms with van der Waals surface area (Å²) in [6, 6.07) is 2.68. The number of anilines is 2. The van der Waals surface area contributed by atoms with Gasteiger partial charge >= 0.3 is 6.18 Å². The maximum absolute atomic E-state index is 13.1. The number of halogens is 3. The molecule has 0 aliphatic carbocycles. The van der Waals surface area contributed by atoms with Crippen molar-refractivity contribution >= 4 is 34.8 Å². The molecule has 154 valence electrons. The third kappa shape index (κ3) is 4.14. The van der Waals surface area contributed by atoms with Gasteiger partial charge in [0.05, 0.1) is 11.3 Å². The highest BCUT2D eigenvalue weighted by Crippen LogP contribution is 2.33. The highest BCUT2D eigenvalue weighted by atomic mass is 32.2. The first-order valence-electron chi connectivity index (χ1n) is 8.71. The molecule has 3 rings (SSSR count). The molecule has 0 saturated heterocycles. The predicted molar refractivity (Wildman–Crippen MR) is 106 cm³/mol. The molecule has 3 aromatic heterocycles. The number of alkyl halides is 3. The Bertz CT molecular complexity index is 1080. The van der Waals surface area contributed by atoms with E-state index >= 15 is 0 Å². The van der Waals surface area contributed by atoms with Gasteiger partial charge in [-0.25, -0.2) is 14.5 Å². The lowest BCUT2D eigenvalue weighted by Gasteiger charge is -2.13. The second-order valence-electron chi connectivity index (χ2n) is 6.21. The molecule has 0 aliphatic rings. The second kappa shape index (κ2) is 7.90. The second-order valence-corrected chi connectivity index (χ2v) is 7.46. The Balaban J connectivity index is 2.10. The van der Waals surface area contributed by atoms with Crippen LogP contribution in [0, 0.1) is 13.8 Å². The molecule has 0 radical (unpaired) electrons. The van der Waals surface area contributed by atoms with E-state index in [1.165, 1.54) is 18.8 Å². The number of hydrogen-bond acceptors (Lipinski definition) is 6. The molecule has 1 amide bonds. The average molecular weight is 424 g/mol. The highest BCUT2D eigenvalue weighted by Gasteiger charge is 2.32. The lowest BCUT2D eigenvalue weighted by Crippen LogP contribution is -2.16. The average Bonchev–Trinajstić information content (AvgIpc) is 2.99. The van der Waals surface area contributed by atoms with E-state index in [1.807, 2.05) is 19.9 Å². The normalized spacial score (nSPS) is 11.7. The molecule has 0 aromatic carbocycles. The van der Waals surface area contributed by atoms with Crippen molar-refractivity contribution < 1.29 is 18.0 Å². The molecule has 29 heavy (non-hydrogen) atoms. The zero-order valence-corrected chi connectivity index (χ0v) is 17.0. The van der Waals surface area contributed by atoms with Crippen LogP contribution in [0.2, 0.25) is 0 Å². The summed E-state index contributed by atoms with van der Waals surface area (Å²) in [5.74, 6) is 0.175. The van der Waals surface area contributed by atoms with Gasteiger partial charge in [0.1, 0.15) is 16.4 Å². The summed E-state index contributed by atoms with van der Waals surface area (Å²) >= 11 is 1.35. The third-order valence-electron chi connectivity index (χ3n) is 4.07. The van der Waals surface area contributed by atoms with Crippen molar-refractivity contribution in [1.29, 1.82) is 0 Å². The molecule has 0 bridgehead atoms. The van der Waals surface area contributed by atoms with E-state index in [2.05, 4.69) is 25.7 Å². The van der Waals surface area contributed by atoms with E-state index in [1.54, 1.807) is 11.4 Å². The van der Waals surface area contributed by atoms with E-state index in [4.69, 9.17) is 0 Å². The lowest BCUT2D eigenvalue weighted by molar-refractivity contribution is -0.137. The molecule has 0 unspecified atom stereocenters. The highest BCUT2D eigenvalue weighted by molar-refractivity contribution is 7.99. The van der Waals surface area contributed by atoms with Crippen molar-refractivity contribution in [3.63, 3.8) is 0 Å². The fraction of sp³-hybridized carbons (Fsp3) is 0.333. The quantitative estimate of drug-likeness (QED) is 0.598. The molecule has 3 aromatic rings. The number of thioether (sulfide) groups is 1. The van der Waals surface area contributed by atoms with Crippen LogP contribution in [0.3, 0.4) is 0 Å². The summed E-state index contributed by atoms with van der Waals surface area (Å²) in [4.78, 5) is 21.3. The number of amides is 1. The Morgan fingerprint density at radius 2 is 2.00 bits per heavy atom. The van der Waals surface area contributed by atoms with Crippen molar-refractivity contribution in [2.24, 2.45) is 0 Å². The summed E-state index contributed by atoms with van der Waals surface area (Å²) in [5, 5.41) is 10.1. The number of aryl methyl sites for hydroxylation is 2. The first kappa shape index (κ1) is 20.9. The van der Waals surface area contributed by atoms with Gasteiger partial charge in [-0.05, 0) is 31.7 Å². The number of carbonyl (C=O) groups is 1. The molecule has 11 heteroatoms. The molecule has 0 aliphatic heterocycles. The zero-order valence-electron chi connectivity index (χ0n) is 16.2. The topological polar surface area (TPSA) is 84.2 Å². The number of hydrogen-bond donors (Lipinski definition) is 2. The van der Waals surface area contributed by atoms with Gasteiger partial charge in [0.2, 0.25) is 0 Å². The maximum Gasteiger partial charge on any atom is 0.417 e. The van der Waals surface area contributed by atoms with Gasteiger partial charge in [0.15, 0.2) is 5.65 Å². The number of rotatable bonds is 5. The minimum atomic E-state index is -4.58. The van der Waals surface area contributed by atoms with Crippen molar-refractivity contribution in [2.75, 3.05) is 23.4 Å². The van der Waals surface area contributed by atoms with Gasteiger partial charge in [-0.15, -0.1) is 11.8 Å². The molecule has 0 spiro atoms. The Hall–Kier alpha value is -2.82. The number of aromatic nitrogens is 4. The standard InChI is InChI=1S/C18H19F3N6OS/c1-5-29-17-13(15-24-9(2)6-10(3)27(15)26-17)16(28)25-12-7-11(18(19,20)21)8-23-14(12)22-4/h6-8H,5H2,1-4H3,(H,22,23)(H,25,28). The van der Waals surface area contributed by atoms with Crippen LogP contribution in [0.5, 0.6) is 0 Å². The van der Waals surface area contributed by atoms with Gasteiger partial charge in [-0.1, -0.05) is 6.92 Å². The van der Waals surface area contributed by atoms with Gasteiger partial charge < -0.3 is 10.6 Å². The van der Waals surface area contributed by atoms with Crippen molar-refractivity contribution in [3.8, 4) is 0 Å². The Kier molecular flexibility index (Phi) is 5.69. The Morgan fingerprint density at radius 1 is 1.28 bits per heavy atom. The van der Waals surface area contributed by atoms with E-state index in [0.717, 1.165) is 11.8 Å². The van der Waals surface area contributed by atoms with Gasteiger partial charge in [-0.2, -0.15) is 18.3 Å². The fourth-order valence-electron chi connectivity index (χ4n) is 2.84. The number of carbonyl (C=O) groups excluding carboxylic acids is 1. The van der Waals surface area contributed by atoms with Crippen LogP contribution in [-0.4, -0.2) is 38.3 Å². The Morgan fingerprint density at radius 3 is 2.62 bits per heavy atom. The van der Waals surface area contributed by atoms with Crippen LogP contribution in [0.15, 0.2) is 23.4 Å². The van der Waals surface area contributed by atoms with Crippen LogP contribution in [0.4, 0.5) is 24.7 Å². The van der Waals surface area contributed by atoms with Crippen molar-refractivity contribution in [1.82, 2.24) is 19.6 Å². The van der Waals surface area contributed by atoms with Crippen molar-refractivity contribution in [2.45, 2.75) is 32.0 Å². The lowest BCUT2D eigenvalue weighted by atomic mass is 10.2. The monoisotopic (exact) mass is 424 g/mol. The summed E-state index contributed by atoms with van der Waals surface area (Å²) in [6.45, 7) is 5.55. The van der Waals surface area contributed by atoms with Crippen LogP contribution >= 0.6 is 11.8 Å². The predicted octanol–water partition coefficient (Wildman–Crippen LogP) is 4.17. The SMILES string of the molecule is CCSc1nn2c(C)cc(C)nc2c1C(=O)Nc1cc(C(F)(F)F)cnc1NC. The minimum Gasteiger partial charge on any atom is -0.371 e. The largest absolute Gasteiger partial charge is 0.417 e. The molecular weight excluding hydrogens is 405 g/mol. The number of nitrogens with zero attached hydrogens (tertiary/aromatic N) is 4. The molecular formula is C18H19F3N6OS. The molecule has 7 nitrogen and oxygen atoms in total. The third-order valence-corrected chi connectivity index (χ3v) is 4.92. The van der Waals surface area contributed by atoms with Gasteiger partial charge in [0, 0.05) is 24.6 Å². The van der Waals surface area contributed by atoms with E-state index in [9.17, 15) is 18.0 Å². The maximum atomic E-state index is 13.1. The van der Waals surface area contributed by atoms with Crippen LogP contribution in [-0.2, 0) is 6.18 Å². The first-order chi connectivity index (χ1) is 13.7. The minimum absolute atomic E-state index is 0.0801. The van der Waals surface area contributed by atoms with Crippen molar-refractivity contribution in [3.05, 3.63) is 40.8 Å². The van der Waals surface area contributed by atoms with Gasteiger partial charge in [-0.3, -0.25) is 4.79 Å². The molecule has 3 heterocycles. The summed E-state index contributed by atoms with van der Waals surface area (Å²) in [5.41, 5.74) is 1.02. The molecule has 0 fully saturated rings. The van der Waals surface area contributed by atoms with Crippen LogP contribution < -0.4 is 10.6 Å². The molecule has 0 saturated carbocycles. The molecule has 0 atom stereocenters. The summed E-state index contributed by atoms with van der Waals surface area (Å²) < 4.78 is 40.8. The Labute approximate surface area is 169 Å². The first-order valence-corrected chi connectivity index (χ1v) is 9.70. The van der Waals surface area contributed by atoms with E-state index < -0.39 is 17.6 Å². The molecule has 2 N–H and O–H groups in total. The fourth-order valence-corrected chi connectivity index (χ4v) is 3.58. The zero-order chi connectivity index (χ0) is 21.3. The number of fused-ring (bicyclic) bond motifs is 1. The summed E-state index contributed by atoms with van der Waals surface area (Å²) in [6.07, 6.45) is -3.87. The van der Waals surface area contributed by atoms with Gasteiger partial charge in [0.25, 0.3) is 5.91 Å². The van der Waals surface area contributed by atoms with E-state index in [-0.39, 0.29) is 17.1 Å². The number of pyridine rings is 1. The van der Waals surface area contributed by atoms with Crippen LogP contribution in [0.1, 0.15) is 34.2 Å². The van der Waals surface area contributed by atoms with E-state index in [0.29, 0.717) is 28.3 Å². The summed E-state index contributed by atoms with van der Waals surface area (Å²) in [7, 11) is 1.51. The number of nitrogens with one attached hydrogen (secondary N) is 2.